The Hall–Kier alpha value is -4.08. The Balaban J connectivity index is 1.18. The predicted molar refractivity (Wildman–Crippen MR) is 191 cm³/mol. The number of hydrogen-bond acceptors (Lipinski definition) is 9. The number of anilines is 1. The molecule has 262 valence electrons. The van der Waals surface area contributed by atoms with Crippen LogP contribution in [-0.4, -0.2) is 110 Å². The van der Waals surface area contributed by atoms with Gasteiger partial charge in [0.25, 0.3) is 0 Å². The van der Waals surface area contributed by atoms with E-state index in [4.69, 9.17) is 20.9 Å². The van der Waals surface area contributed by atoms with Crippen LogP contribution in [0.2, 0.25) is 0 Å². The first-order valence-electron chi connectivity index (χ1n) is 17.6. The molecule has 2 bridgehead atoms. The third-order valence-electron chi connectivity index (χ3n) is 11.3. The van der Waals surface area contributed by atoms with E-state index in [-0.39, 0.29) is 57.4 Å². The highest BCUT2D eigenvalue weighted by molar-refractivity contribution is 6.04. The number of methoxy groups -OCH3 is 1. The highest BCUT2D eigenvalue weighted by Crippen LogP contribution is 2.47. The number of nitrogens with one attached hydrogen (secondary N) is 1. The molecule has 0 amide bonds. The van der Waals surface area contributed by atoms with Crippen LogP contribution in [0.15, 0.2) is 36.4 Å². The van der Waals surface area contributed by atoms with Crippen molar-refractivity contribution in [3.63, 3.8) is 0 Å². The normalized spacial score (nSPS) is 24.6. The van der Waals surface area contributed by atoms with Crippen molar-refractivity contribution in [2.24, 2.45) is 5.41 Å². The van der Waals surface area contributed by atoms with Crippen LogP contribution < -0.4 is 15.0 Å². The molecule has 50 heavy (non-hydrogen) atoms. The molecule has 3 aromatic carbocycles. The number of likely N-dealkylation sites (N-methyl/N-ethyl adjacent to an activating group) is 1. The molecule has 2 unspecified atom stereocenters. The zero-order valence-corrected chi connectivity index (χ0v) is 28.9. The molecule has 1 aliphatic carbocycles. The Labute approximate surface area is 291 Å². The molecule has 4 aromatic rings. The summed E-state index contributed by atoms with van der Waals surface area (Å²) in [6.45, 7) is 4.43. The number of aromatic nitrogens is 2. The number of terminal acetylenes is 1. The van der Waals surface area contributed by atoms with E-state index < -0.39 is 11.6 Å². The van der Waals surface area contributed by atoms with Gasteiger partial charge >= 0.3 is 6.01 Å². The van der Waals surface area contributed by atoms with Gasteiger partial charge in [-0.25, -0.2) is 8.78 Å². The molecule has 11 heteroatoms. The molecule has 1 aromatic heterocycles. The largest absolute Gasteiger partial charge is 0.508 e. The lowest BCUT2D eigenvalue weighted by Crippen LogP contribution is -2.52. The van der Waals surface area contributed by atoms with Gasteiger partial charge in [0.05, 0.1) is 18.3 Å². The lowest BCUT2D eigenvalue weighted by atomic mass is 9.93. The van der Waals surface area contributed by atoms with Crippen LogP contribution in [0.5, 0.6) is 11.8 Å². The van der Waals surface area contributed by atoms with Crippen molar-refractivity contribution in [3.8, 4) is 35.2 Å². The lowest BCUT2D eigenvalue weighted by Gasteiger charge is -2.41. The number of piperidine rings is 1. The summed E-state index contributed by atoms with van der Waals surface area (Å²) in [6.07, 6.45) is 11.1. The maximum absolute atomic E-state index is 17.0. The van der Waals surface area contributed by atoms with E-state index in [0.29, 0.717) is 47.9 Å². The summed E-state index contributed by atoms with van der Waals surface area (Å²) < 4.78 is 45.5. The van der Waals surface area contributed by atoms with Crippen molar-refractivity contribution in [1.82, 2.24) is 25.1 Å². The van der Waals surface area contributed by atoms with Gasteiger partial charge in [-0.05, 0) is 75.9 Å². The predicted octanol–water partition coefficient (Wildman–Crippen LogP) is 5.17. The van der Waals surface area contributed by atoms with E-state index in [0.717, 1.165) is 51.7 Å². The third kappa shape index (κ3) is 6.13. The summed E-state index contributed by atoms with van der Waals surface area (Å²) in [4.78, 5) is 16.3. The number of phenols is 1. The molecule has 0 radical (unpaired) electrons. The number of halogens is 2. The Kier molecular flexibility index (Phi) is 8.54. The summed E-state index contributed by atoms with van der Waals surface area (Å²) in [5, 5.41) is 15.6. The lowest BCUT2D eigenvalue weighted by molar-refractivity contribution is -0.0115. The molecule has 8 rings (SSSR count). The van der Waals surface area contributed by atoms with Crippen molar-refractivity contribution in [1.29, 1.82) is 0 Å². The minimum atomic E-state index is -0.847. The smallest absolute Gasteiger partial charge is 0.319 e. The second-order valence-electron chi connectivity index (χ2n) is 15.1. The number of aromatic hydroxyl groups is 1. The number of ether oxygens (including phenoxy) is 2. The average molecular weight is 683 g/mol. The van der Waals surface area contributed by atoms with E-state index >= 15 is 8.78 Å². The molecule has 4 aliphatic rings. The minimum absolute atomic E-state index is 0.0281. The van der Waals surface area contributed by atoms with Crippen LogP contribution >= 0.6 is 0 Å². The monoisotopic (exact) mass is 682 g/mol. The van der Waals surface area contributed by atoms with E-state index in [2.05, 4.69) is 45.0 Å². The first-order chi connectivity index (χ1) is 24.1. The van der Waals surface area contributed by atoms with Gasteiger partial charge in [0.1, 0.15) is 22.9 Å². The standard InChI is InChI=1S/C39H44F2N6O3/c1-5-23-7-6-8-24-13-28(48)15-30(33(23)24)34-32(40)16-31-36(35(34)41)43-38(44-37(31)47-17-25-9-10-26(18-47)42-25)50-22-39(11-12-39)21-46-19-27(45(2)3)14-29(20-46)49-4/h1,6-8,13,15-16,25-27,29,42,48H,9-12,14,17-22H2,2-4H3/t25?,26?,27-,29+/m0/s1. The quantitative estimate of drug-likeness (QED) is 0.233. The van der Waals surface area contributed by atoms with Crippen LogP contribution in [0.25, 0.3) is 32.8 Å². The van der Waals surface area contributed by atoms with E-state index in [1.165, 1.54) is 18.2 Å². The molecular weight excluding hydrogens is 638 g/mol. The topological polar surface area (TPSA) is 86.2 Å². The van der Waals surface area contributed by atoms with Crippen molar-refractivity contribution in [3.05, 3.63) is 53.6 Å². The van der Waals surface area contributed by atoms with Gasteiger partial charge in [0.15, 0.2) is 5.82 Å². The second-order valence-corrected chi connectivity index (χ2v) is 15.1. The number of hydrogen-bond donors (Lipinski definition) is 2. The summed E-state index contributed by atoms with van der Waals surface area (Å²) in [5.74, 6) is 1.35. The number of benzene rings is 3. The number of likely N-dealkylation sites (tertiary alicyclic amines) is 1. The van der Waals surface area contributed by atoms with Gasteiger partial charge in [0.2, 0.25) is 0 Å². The Morgan fingerprint density at radius 1 is 1.08 bits per heavy atom. The SMILES string of the molecule is C#Cc1cccc2cc(O)cc(-c3c(F)cc4c(N5CC6CCC(C5)N6)nc(OCC5(CN6C[C@H](OC)C[C@H](N(C)C)C6)CC5)nc4c3F)c12. The Morgan fingerprint density at radius 2 is 1.86 bits per heavy atom. The molecule has 1 saturated carbocycles. The number of phenolic OH excluding ortho intramolecular Hbond substituents is 1. The summed E-state index contributed by atoms with van der Waals surface area (Å²) >= 11 is 0. The number of fused-ring (bicyclic) bond motifs is 4. The van der Waals surface area contributed by atoms with Gasteiger partial charge in [-0.1, -0.05) is 18.1 Å². The fourth-order valence-electron chi connectivity index (χ4n) is 8.42. The van der Waals surface area contributed by atoms with E-state index in [1.54, 1.807) is 25.3 Å². The molecule has 4 atom stereocenters. The molecule has 0 spiro atoms. The zero-order chi connectivity index (χ0) is 34.7. The molecule has 2 N–H and O–H groups in total. The fourth-order valence-corrected chi connectivity index (χ4v) is 8.42. The highest BCUT2D eigenvalue weighted by Gasteiger charge is 2.46. The third-order valence-corrected chi connectivity index (χ3v) is 11.3. The average Bonchev–Trinajstić information content (AvgIpc) is 3.79. The van der Waals surface area contributed by atoms with Crippen LogP contribution in [0.3, 0.4) is 0 Å². The number of nitrogens with zero attached hydrogens (tertiary/aromatic N) is 5. The van der Waals surface area contributed by atoms with Gasteiger partial charge in [-0.3, -0.25) is 4.90 Å². The number of rotatable bonds is 9. The first kappa shape index (κ1) is 33.1. The van der Waals surface area contributed by atoms with Crippen molar-refractivity contribution in [2.45, 2.75) is 56.3 Å². The van der Waals surface area contributed by atoms with Crippen LogP contribution in [-0.2, 0) is 4.74 Å². The molecule has 3 saturated heterocycles. The molecule has 4 fully saturated rings. The van der Waals surface area contributed by atoms with Crippen LogP contribution in [0, 0.1) is 29.4 Å². The maximum atomic E-state index is 17.0. The van der Waals surface area contributed by atoms with Gasteiger partial charge in [0, 0.05) is 85.3 Å². The van der Waals surface area contributed by atoms with Crippen molar-refractivity contribution >= 4 is 27.5 Å². The van der Waals surface area contributed by atoms with Crippen molar-refractivity contribution < 1.29 is 23.4 Å². The molecule has 3 aliphatic heterocycles. The maximum Gasteiger partial charge on any atom is 0.319 e. The van der Waals surface area contributed by atoms with Gasteiger partial charge < -0.3 is 29.7 Å². The zero-order valence-electron chi connectivity index (χ0n) is 28.9. The molecule has 9 nitrogen and oxygen atoms in total. The Bertz CT molecular complexity index is 1980. The minimum Gasteiger partial charge on any atom is -0.508 e. The summed E-state index contributed by atoms with van der Waals surface area (Å²) in [7, 11) is 6.01. The van der Waals surface area contributed by atoms with E-state index in [1.807, 2.05) is 0 Å². The summed E-state index contributed by atoms with van der Waals surface area (Å²) in [6, 6.07) is 10.5. The Morgan fingerprint density at radius 3 is 2.56 bits per heavy atom. The van der Waals surface area contributed by atoms with Crippen LogP contribution in [0.4, 0.5) is 14.6 Å². The molecular formula is C39H44F2N6O3. The van der Waals surface area contributed by atoms with Gasteiger partial charge in [-0.2, -0.15) is 9.97 Å². The summed E-state index contributed by atoms with van der Waals surface area (Å²) in [5.41, 5.74) is 0.246. The molecule has 4 heterocycles. The fraction of sp³-hybridized carbons (Fsp3) is 0.487. The van der Waals surface area contributed by atoms with Crippen LogP contribution in [0.1, 0.15) is 37.7 Å². The van der Waals surface area contributed by atoms with Gasteiger partial charge in [-0.15, -0.1) is 6.42 Å². The van der Waals surface area contributed by atoms with E-state index in [9.17, 15) is 5.11 Å². The van der Waals surface area contributed by atoms with Crippen molar-refractivity contribution in [2.75, 3.05) is 65.4 Å². The number of piperazine rings is 1. The second kappa shape index (κ2) is 12.9. The first-order valence-corrected chi connectivity index (χ1v) is 17.6. The highest BCUT2D eigenvalue weighted by atomic mass is 19.1.